The zero-order valence-electron chi connectivity index (χ0n) is 67.5. The van der Waals surface area contributed by atoms with Crippen LogP contribution in [0.3, 0.4) is 0 Å². The lowest BCUT2D eigenvalue weighted by atomic mass is 10.1. The lowest BCUT2D eigenvalue weighted by Gasteiger charge is -2.25. The number of aromatic amines is 2. The second-order valence-electron chi connectivity index (χ2n) is 30.5. The van der Waals surface area contributed by atoms with E-state index < -0.39 is 0 Å². The minimum absolute atomic E-state index is 0.233. The summed E-state index contributed by atoms with van der Waals surface area (Å²) < 4.78 is 0. The van der Waals surface area contributed by atoms with Gasteiger partial charge in [0.05, 0.1) is 0 Å². The van der Waals surface area contributed by atoms with Crippen molar-refractivity contribution in [3.05, 3.63) is 0 Å². The van der Waals surface area contributed by atoms with Gasteiger partial charge in [0.25, 0.3) is 0 Å². The molecule has 2 aliphatic rings. The number of fused-ring (bicyclic) bond motifs is 20. The molecule has 104 heavy (non-hydrogen) atoms. The highest BCUT2D eigenvalue weighted by Crippen LogP contribution is 2.62. The maximum absolute atomic E-state index is 6.29. The highest BCUT2D eigenvalue weighted by Gasteiger charge is 2.39. The summed E-state index contributed by atoms with van der Waals surface area (Å²) in [7, 11) is 0. The molecule has 8 bridgehead atoms. The van der Waals surface area contributed by atoms with Gasteiger partial charge in [-0.3, -0.25) is 0 Å². The average Bonchev–Trinajstić information content (AvgIpc) is 1.49. The minimum Gasteiger partial charge on any atom is -0.324 e. The fourth-order valence-corrected chi connectivity index (χ4v) is 31.0. The molecule has 5 heterocycles. The van der Waals surface area contributed by atoms with Gasteiger partial charge in [0.2, 0.25) is 0 Å². The Labute approximate surface area is 694 Å². The summed E-state index contributed by atoms with van der Waals surface area (Å²) in [5.41, 5.74) is 7.20. The van der Waals surface area contributed by atoms with E-state index >= 15 is 0 Å². The molecule has 0 unspecified atom stereocenters. The third-order valence-corrected chi connectivity index (χ3v) is 34.0. The van der Waals surface area contributed by atoms with Crippen LogP contribution < -0.4 is 0 Å². The third-order valence-electron chi connectivity index (χ3n) is 14.6. The Morgan fingerprint density at radius 1 is 0.154 bits per heavy atom. The molecule has 7 aromatic rings. The second-order valence-corrected chi connectivity index (χ2v) is 55.9. The molecule has 0 saturated carbocycles. The summed E-state index contributed by atoms with van der Waals surface area (Å²) in [5, 5.41) is 8.56. The molecule has 0 saturated heterocycles. The molecule has 0 aliphatic carbocycles. The first kappa shape index (κ1) is 87.8. The van der Waals surface area contributed by atoms with Gasteiger partial charge in [-0.1, -0.05) is 222 Å². The van der Waals surface area contributed by atoms with Crippen LogP contribution >= 0.6 is 188 Å². The summed E-state index contributed by atoms with van der Waals surface area (Å²) in [6.45, 7) is 75.0. The molecule has 0 amide bonds. The molecule has 2 N–H and O–H groups in total. The number of rotatable bonds is 32. The summed E-state index contributed by atoms with van der Waals surface area (Å²) >= 11 is 31.5. The van der Waals surface area contributed by atoms with Crippen molar-refractivity contribution in [1.82, 2.24) is 39.9 Å². The largest absolute Gasteiger partial charge is 0.324 e. The maximum Gasteiger partial charge on any atom is 0.165 e. The summed E-state index contributed by atoms with van der Waals surface area (Å²) in [6.07, 6.45) is 0. The van der Waals surface area contributed by atoms with Crippen LogP contribution in [0.5, 0.6) is 0 Å². The Kier molecular flexibility index (Phi) is 32.0. The van der Waals surface area contributed by atoms with E-state index in [0.29, 0.717) is 65.3 Å². The number of hydrogen-bond donors (Lipinski definition) is 2. The standard InChI is InChI=1S/C80H114N8S16/c1-33(2)89-57-49-50(58(90-34(3)4)66(98-42(19)20)65(57)97-41(17)18)74-81-73(49)85-75-51-52(60(92-36(7)8)68(100-44(23)24)67(99-43(21)22)59(51)91-35(5)6)77(82-75)87-79-55-56(64(96-40(15)16)72(104-48(31)32)71(103-47(29)30)63(55)95-39(13)14)80(84-79)88-78-54-53(76(83-78)86-74)61(93-37(9)10)69(101-45(25)26)70(102-46(27)28)62(54)94-38(11)12/h33-48H,1-32H3,(H2,81,82,83,84,85,86,87,88). The van der Waals surface area contributed by atoms with Gasteiger partial charge in [-0.2, -0.15) is 0 Å². The third kappa shape index (κ3) is 20.7. The van der Waals surface area contributed by atoms with Crippen LogP contribution in [0.1, 0.15) is 222 Å². The van der Waals surface area contributed by atoms with Crippen LogP contribution in [-0.4, -0.2) is 124 Å². The zero-order valence-corrected chi connectivity index (χ0v) is 80.5. The Bertz CT molecular complexity index is 3880. The van der Waals surface area contributed by atoms with Crippen molar-refractivity contribution in [2.24, 2.45) is 0 Å². The fourth-order valence-electron chi connectivity index (χ4n) is 11.9. The number of hydrogen-bond acceptors (Lipinski definition) is 22. The molecule has 0 spiro atoms. The molecule has 8 nitrogen and oxygen atoms in total. The van der Waals surface area contributed by atoms with Gasteiger partial charge in [-0.05, 0) is 0 Å². The average molecular weight is 1700 g/mol. The number of H-pyrrole nitrogens is 2. The van der Waals surface area contributed by atoms with E-state index in [4.69, 9.17) is 29.9 Å². The normalized spacial score (nSPS) is 13.1. The summed E-state index contributed by atoms with van der Waals surface area (Å²) in [6, 6.07) is 0. The molecule has 0 fully saturated rings. The first-order valence-electron chi connectivity index (χ1n) is 37.2. The lowest BCUT2D eigenvalue weighted by molar-refractivity contribution is 0.987. The van der Waals surface area contributed by atoms with E-state index in [-0.39, 0.29) is 42.0 Å². The van der Waals surface area contributed by atoms with E-state index in [2.05, 4.69) is 232 Å². The van der Waals surface area contributed by atoms with Crippen LogP contribution in [0, 0.1) is 0 Å². The van der Waals surface area contributed by atoms with Crippen molar-refractivity contribution < 1.29 is 0 Å². The van der Waals surface area contributed by atoms with E-state index in [1.54, 1.807) is 0 Å². The van der Waals surface area contributed by atoms with Crippen LogP contribution in [0.25, 0.3) is 89.7 Å². The molecular formula is C80H114N8S16. The number of aromatic nitrogens is 8. The first-order valence-corrected chi connectivity index (χ1v) is 51.3. The van der Waals surface area contributed by atoms with Crippen molar-refractivity contribution in [2.75, 3.05) is 0 Å². The molecule has 570 valence electrons. The Balaban J connectivity index is 1.80. The Hall–Kier alpha value is -0.160. The van der Waals surface area contributed by atoms with E-state index in [1.165, 1.54) is 78.3 Å². The number of thioether (sulfide) groups is 16. The monoisotopic (exact) mass is 1700 g/mol. The van der Waals surface area contributed by atoms with Gasteiger partial charge >= 0.3 is 0 Å². The minimum atomic E-state index is 0.233. The molecule has 24 heteroatoms. The maximum atomic E-state index is 6.29. The quantitative estimate of drug-likeness (QED) is 0.0390. The predicted octanol–water partition coefficient (Wildman–Crippen LogP) is 30.9. The molecule has 0 atom stereocenters. The van der Waals surface area contributed by atoms with Gasteiger partial charge in [0.15, 0.2) is 23.3 Å². The van der Waals surface area contributed by atoms with Crippen molar-refractivity contribution in [1.29, 1.82) is 0 Å². The highest BCUT2D eigenvalue weighted by atomic mass is 32.2. The Morgan fingerprint density at radius 3 is 0.404 bits per heavy atom. The summed E-state index contributed by atoms with van der Waals surface area (Å²) in [4.78, 5) is 66.1. The fraction of sp³-hybridized carbons (Fsp3) is 0.600. The summed E-state index contributed by atoms with van der Waals surface area (Å²) in [5.74, 6) is 2.65. The van der Waals surface area contributed by atoms with Crippen molar-refractivity contribution in [3.8, 4) is 45.6 Å². The molecule has 9 rings (SSSR count). The van der Waals surface area contributed by atoms with Gasteiger partial charge < -0.3 is 9.97 Å². The number of nitrogens with one attached hydrogen (secondary N) is 2. The smallest absolute Gasteiger partial charge is 0.165 e. The second kappa shape index (κ2) is 37.9. The molecule has 0 radical (unpaired) electrons. The van der Waals surface area contributed by atoms with Gasteiger partial charge in [-0.25, -0.2) is 29.9 Å². The van der Waals surface area contributed by atoms with Crippen LogP contribution in [0.4, 0.5) is 0 Å². The van der Waals surface area contributed by atoms with Crippen molar-refractivity contribution in [2.45, 2.75) is 384 Å². The molecule has 4 aromatic carbocycles. The van der Waals surface area contributed by atoms with E-state index in [1.807, 2.05) is 188 Å². The van der Waals surface area contributed by atoms with Gasteiger partial charge in [-0.15, -0.1) is 188 Å². The SMILES string of the molecule is CC(C)Sc1c(SC(C)C)c(SC(C)C)c2c(c1SC(C)C)-c1nc-2nc2[nH]c(nc3nc(nc4[nH]c(n1)c1c(SC(C)C)c(SC(C)C)c(SC(C)C)c(SC(C)C)c41)-c1c(SC(C)C)c(SC(C)C)c(SC(C)C)c(SC(C)C)c1-3)c1c(SC(C)C)c(SC(C)C)c(SC(C)C)c(SC(C)C)c21. The topological polar surface area (TPSA) is 109 Å². The van der Waals surface area contributed by atoms with Gasteiger partial charge in [0.1, 0.15) is 22.6 Å². The lowest BCUT2D eigenvalue weighted by Crippen LogP contribution is -2.03. The molecular weight excluding hydrogens is 1590 g/mol. The molecule has 2 aliphatic heterocycles. The van der Waals surface area contributed by atoms with Crippen LogP contribution in [-0.2, 0) is 0 Å². The van der Waals surface area contributed by atoms with Crippen molar-refractivity contribution in [3.63, 3.8) is 0 Å². The van der Waals surface area contributed by atoms with Crippen LogP contribution in [0.15, 0.2) is 78.3 Å². The first-order chi connectivity index (χ1) is 48.7. The predicted molar refractivity (Wildman–Crippen MR) is 492 cm³/mol. The molecule has 3 aromatic heterocycles. The van der Waals surface area contributed by atoms with E-state index in [9.17, 15) is 0 Å². The zero-order chi connectivity index (χ0) is 76.7. The van der Waals surface area contributed by atoms with E-state index in [0.717, 1.165) is 66.4 Å². The van der Waals surface area contributed by atoms with Gasteiger partial charge in [0, 0.05) is 206 Å². The number of nitrogens with zero attached hydrogens (tertiary/aromatic N) is 6. The van der Waals surface area contributed by atoms with Crippen LogP contribution in [0.2, 0.25) is 0 Å². The van der Waals surface area contributed by atoms with Crippen molar-refractivity contribution >= 4 is 232 Å². The highest BCUT2D eigenvalue weighted by molar-refractivity contribution is 8.08. The number of benzene rings is 4. The Morgan fingerprint density at radius 2 is 0.269 bits per heavy atom.